The van der Waals surface area contributed by atoms with Gasteiger partial charge in [0.05, 0.1) is 11.3 Å². The minimum Gasteiger partial charge on any atom is -0.345 e. The number of carbonyl (C=O) groups excluding carboxylic acids is 2. The van der Waals surface area contributed by atoms with Crippen molar-refractivity contribution in [3.63, 3.8) is 0 Å². The molecule has 2 saturated carbocycles. The van der Waals surface area contributed by atoms with Gasteiger partial charge in [-0.25, -0.2) is 0 Å². The highest BCUT2D eigenvalue weighted by atomic mass is 16.5. The molecule has 3 aliphatic rings. The zero-order valence-corrected chi connectivity index (χ0v) is 16.7. The van der Waals surface area contributed by atoms with Crippen LogP contribution in [0.5, 0.6) is 0 Å². The maximum atomic E-state index is 13.0. The highest BCUT2D eigenvalue weighted by Crippen LogP contribution is 2.50. The molecule has 2 aliphatic carbocycles. The molecule has 29 heavy (non-hydrogen) atoms. The molecule has 5 rings (SSSR count). The van der Waals surface area contributed by atoms with E-state index >= 15 is 0 Å². The van der Waals surface area contributed by atoms with Crippen molar-refractivity contribution >= 4 is 11.8 Å². The fourth-order valence-corrected chi connectivity index (χ4v) is 4.17. The number of likely N-dealkylation sites (N-methyl/N-ethyl adjacent to an activating group) is 1. The number of hydrogen-bond donors (Lipinski definition) is 0. The molecule has 2 heterocycles. The third kappa shape index (κ3) is 3.43. The van der Waals surface area contributed by atoms with Gasteiger partial charge in [-0.05, 0) is 31.2 Å². The van der Waals surface area contributed by atoms with Crippen molar-refractivity contribution in [1.29, 1.82) is 0 Å². The van der Waals surface area contributed by atoms with E-state index in [9.17, 15) is 9.59 Å². The maximum absolute atomic E-state index is 13.0. The molecule has 0 unspecified atom stereocenters. The van der Waals surface area contributed by atoms with Crippen LogP contribution >= 0.6 is 0 Å². The Morgan fingerprint density at radius 2 is 1.93 bits per heavy atom. The van der Waals surface area contributed by atoms with Crippen LogP contribution in [0.15, 0.2) is 34.9 Å². The van der Waals surface area contributed by atoms with Crippen LogP contribution in [0.4, 0.5) is 0 Å². The lowest BCUT2D eigenvalue weighted by molar-refractivity contribution is -0.138. The van der Waals surface area contributed by atoms with Crippen LogP contribution in [0.3, 0.4) is 0 Å². The quantitative estimate of drug-likeness (QED) is 0.719. The first-order valence-electron chi connectivity index (χ1n) is 10.5. The van der Waals surface area contributed by atoms with E-state index in [2.05, 4.69) is 22.3 Å². The van der Waals surface area contributed by atoms with Crippen LogP contribution in [-0.2, 0) is 21.4 Å². The van der Waals surface area contributed by atoms with Gasteiger partial charge in [-0.2, -0.15) is 4.98 Å². The lowest BCUT2D eigenvalue weighted by Crippen LogP contribution is -2.52. The predicted octanol–water partition coefficient (Wildman–Crippen LogP) is 2.14. The Labute approximate surface area is 170 Å². The van der Waals surface area contributed by atoms with E-state index in [4.69, 9.17) is 4.52 Å². The molecule has 7 nitrogen and oxygen atoms in total. The number of amides is 2. The second kappa shape index (κ2) is 6.97. The first-order chi connectivity index (χ1) is 14.1. The summed E-state index contributed by atoms with van der Waals surface area (Å²) in [4.78, 5) is 33.2. The van der Waals surface area contributed by atoms with Gasteiger partial charge in [-0.1, -0.05) is 35.5 Å². The number of hydrogen-bond acceptors (Lipinski definition) is 5. The van der Waals surface area contributed by atoms with Gasteiger partial charge in [0.1, 0.15) is 0 Å². The predicted molar refractivity (Wildman–Crippen MR) is 105 cm³/mol. The zero-order chi connectivity index (χ0) is 20.0. The van der Waals surface area contributed by atoms with Gasteiger partial charge in [0.15, 0.2) is 5.82 Å². The van der Waals surface area contributed by atoms with Crippen molar-refractivity contribution in [3.05, 3.63) is 47.6 Å². The van der Waals surface area contributed by atoms with Crippen molar-refractivity contribution in [2.24, 2.45) is 5.92 Å². The largest absolute Gasteiger partial charge is 0.345 e. The minimum absolute atomic E-state index is 0.109. The Morgan fingerprint density at radius 3 is 2.59 bits per heavy atom. The number of aromatic nitrogens is 2. The third-order valence-corrected chi connectivity index (χ3v) is 6.46. The van der Waals surface area contributed by atoms with E-state index in [0.717, 1.165) is 31.2 Å². The number of rotatable bonds is 7. The van der Waals surface area contributed by atoms with E-state index in [1.807, 2.05) is 30.1 Å². The van der Waals surface area contributed by atoms with Crippen LogP contribution in [0, 0.1) is 5.92 Å². The second-order valence-electron chi connectivity index (χ2n) is 8.69. The van der Waals surface area contributed by atoms with Crippen molar-refractivity contribution in [3.8, 4) is 0 Å². The van der Waals surface area contributed by atoms with Crippen LogP contribution < -0.4 is 0 Å². The molecular formula is C22H26N4O3. The topological polar surface area (TPSA) is 79.5 Å². The van der Waals surface area contributed by atoms with E-state index in [1.165, 1.54) is 0 Å². The first kappa shape index (κ1) is 18.3. The summed E-state index contributed by atoms with van der Waals surface area (Å²) in [6, 6.07) is 10.1. The van der Waals surface area contributed by atoms with Gasteiger partial charge in [0.2, 0.25) is 17.7 Å². The average molecular weight is 394 g/mol. The van der Waals surface area contributed by atoms with Crippen molar-refractivity contribution in [2.75, 3.05) is 26.7 Å². The van der Waals surface area contributed by atoms with Crippen LogP contribution in [0.1, 0.15) is 48.9 Å². The molecule has 1 saturated heterocycles. The van der Waals surface area contributed by atoms with Gasteiger partial charge < -0.3 is 14.3 Å². The number of nitrogens with zero attached hydrogens (tertiary/aromatic N) is 4. The molecule has 0 spiro atoms. The van der Waals surface area contributed by atoms with Crippen molar-refractivity contribution in [2.45, 2.75) is 43.4 Å². The van der Waals surface area contributed by atoms with Crippen molar-refractivity contribution < 1.29 is 14.1 Å². The lowest BCUT2D eigenvalue weighted by atomic mass is 9.90. The Bertz CT molecular complexity index is 911. The van der Waals surface area contributed by atoms with Crippen LogP contribution in [0.2, 0.25) is 0 Å². The van der Waals surface area contributed by atoms with Crippen LogP contribution in [0.25, 0.3) is 0 Å². The van der Waals surface area contributed by atoms with E-state index in [1.54, 1.807) is 4.90 Å². The molecule has 0 atom stereocenters. The summed E-state index contributed by atoms with van der Waals surface area (Å²) in [7, 11) is 1.83. The summed E-state index contributed by atoms with van der Waals surface area (Å²) in [5.41, 5.74) is 0.809. The molecule has 0 radical (unpaired) electrons. The number of likely N-dealkylation sites (tertiary alicyclic amines) is 1. The first-order valence-corrected chi connectivity index (χ1v) is 10.5. The highest BCUT2D eigenvalue weighted by molar-refractivity contribution is 5.92. The minimum atomic E-state index is -0.315. The Balaban J connectivity index is 1.14. The van der Waals surface area contributed by atoms with Gasteiger partial charge in [-0.3, -0.25) is 9.59 Å². The summed E-state index contributed by atoms with van der Waals surface area (Å²) in [6.07, 6.45) is 4.46. The fourth-order valence-electron chi connectivity index (χ4n) is 4.17. The van der Waals surface area contributed by atoms with E-state index in [0.29, 0.717) is 37.8 Å². The van der Waals surface area contributed by atoms with Crippen molar-refractivity contribution in [1.82, 2.24) is 19.9 Å². The number of carbonyl (C=O) groups is 2. The van der Waals surface area contributed by atoms with Gasteiger partial charge in [0, 0.05) is 39.0 Å². The molecular weight excluding hydrogens is 368 g/mol. The van der Waals surface area contributed by atoms with Crippen LogP contribution in [-0.4, -0.2) is 58.4 Å². The molecule has 7 heteroatoms. The fraction of sp³-hybridized carbons (Fsp3) is 0.545. The molecule has 0 bridgehead atoms. The third-order valence-electron chi connectivity index (χ3n) is 6.46. The van der Waals surface area contributed by atoms with E-state index < -0.39 is 0 Å². The molecule has 1 aliphatic heterocycles. The normalized spacial score (nSPS) is 20.2. The Morgan fingerprint density at radius 1 is 1.21 bits per heavy atom. The molecule has 0 N–H and O–H groups in total. The summed E-state index contributed by atoms with van der Waals surface area (Å²) >= 11 is 0. The lowest BCUT2D eigenvalue weighted by Gasteiger charge is -2.39. The smallest absolute Gasteiger partial charge is 0.233 e. The second-order valence-corrected chi connectivity index (χ2v) is 8.69. The SMILES string of the molecule is CN(CCc1noc(C2CN(C(=O)C3(c4ccccc4)CC3)C2)n1)C(=O)C1CC1. The van der Waals surface area contributed by atoms with Gasteiger partial charge in [-0.15, -0.1) is 0 Å². The standard InChI is InChI=1S/C22H26N4O3/c1-25(20(27)15-7-8-15)12-9-18-23-19(29-24-18)16-13-26(14-16)21(28)22(10-11-22)17-5-3-2-4-6-17/h2-6,15-16H,7-14H2,1H3. The number of benzene rings is 1. The Kier molecular flexibility index (Phi) is 4.41. The monoisotopic (exact) mass is 394 g/mol. The van der Waals surface area contributed by atoms with Gasteiger partial charge >= 0.3 is 0 Å². The summed E-state index contributed by atoms with van der Waals surface area (Å²) in [6.45, 7) is 1.87. The molecule has 2 aromatic rings. The Hall–Kier alpha value is -2.70. The van der Waals surface area contributed by atoms with Gasteiger partial charge in [0.25, 0.3) is 0 Å². The molecule has 3 fully saturated rings. The van der Waals surface area contributed by atoms with E-state index in [-0.39, 0.29) is 29.1 Å². The summed E-state index contributed by atoms with van der Waals surface area (Å²) in [5, 5.41) is 4.06. The molecule has 1 aromatic carbocycles. The maximum Gasteiger partial charge on any atom is 0.233 e. The highest BCUT2D eigenvalue weighted by Gasteiger charge is 2.55. The molecule has 152 valence electrons. The summed E-state index contributed by atoms with van der Waals surface area (Å²) in [5.74, 6) is 2.00. The average Bonchev–Trinajstić information content (AvgIpc) is 3.63. The zero-order valence-electron chi connectivity index (χ0n) is 16.7. The molecule has 2 amide bonds. The summed E-state index contributed by atoms with van der Waals surface area (Å²) < 4.78 is 5.43. The molecule has 1 aromatic heterocycles.